The zero-order valence-corrected chi connectivity index (χ0v) is 10.5. The molecule has 15 heavy (non-hydrogen) atoms. The number of likely N-dealkylation sites (tertiary alicyclic amines) is 1. The molecule has 6 heteroatoms. The van der Waals surface area contributed by atoms with Crippen molar-refractivity contribution >= 4 is 15.9 Å². The number of likely N-dealkylation sites (N-methyl/N-ethyl adjacent to an activating group) is 1. The molecule has 1 aromatic heterocycles. The van der Waals surface area contributed by atoms with Gasteiger partial charge in [-0.3, -0.25) is 0 Å². The van der Waals surface area contributed by atoms with E-state index < -0.39 is 5.60 Å². The van der Waals surface area contributed by atoms with E-state index in [-0.39, 0.29) is 0 Å². The van der Waals surface area contributed by atoms with Crippen molar-refractivity contribution in [3.05, 3.63) is 10.3 Å². The Bertz CT molecular complexity index is 347. The highest BCUT2D eigenvalue weighted by molar-refractivity contribution is 9.10. The lowest BCUT2D eigenvalue weighted by Gasteiger charge is -2.37. The fraction of sp³-hybridized carbons (Fsp3) is 0.778. The molecule has 2 heterocycles. The van der Waals surface area contributed by atoms with Gasteiger partial charge in [-0.1, -0.05) is 5.21 Å². The summed E-state index contributed by atoms with van der Waals surface area (Å²) in [5.74, 6) is 0. The van der Waals surface area contributed by atoms with E-state index >= 15 is 0 Å². The van der Waals surface area contributed by atoms with Crippen LogP contribution in [0.15, 0.2) is 4.60 Å². The van der Waals surface area contributed by atoms with Crippen LogP contribution >= 0.6 is 15.9 Å². The minimum absolute atomic E-state index is 0.632. The Morgan fingerprint density at radius 3 is 2.73 bits per heavy atom. The quantitative estimate of drug-likeness (QED) is 0.810. The van der Waals surface area contributed by atoms with Gasteiger partial charge in [0.15, 0.2) is 4.60 Å². The third kappa shape index (κ3) is 1.93. The van der Waals surface area contributed by atoms with E-state index in [4.69, 9.17) is 0 Å². The maximum absolute atomic E-state index is 10.6. The van der Waals surface area contributed by atoms with Crippen LogP contribution in [0.25, 0.3) is 0 Å². The van der Waals surface area contributed by atoms with Crippen molar-refractivity contribution < 1.29 is 5.11 Å². The van der Waals surface area contributed by atoms with E-state index in [9.17, 15) is 5.11 Å². The van der Waals surface area contributed by atoms with E-state index in [2.05, 4.69) is 31.1 Å². The van der Waals surface area contributed by atoms with Gasteiger partial charge >= 0.3 is 0 Å². The largest absolute Gasteiger partial charge is 0.382 e. The summed E-state index contributed by atoms with van der Waals surface area (Å²) in [5.41, 5.74) is -0.0570. The number of rotatable bonds is 1. The fourth-order valence-electron chi connectivity index (χ4n) is 2.26. The molecule has 0 bridgehead atoms. The number of piperidine rings is 1. The molecule has 1 aliphatic rings. The highest BCUT2D eigenvalue weighted by Crippen LogP contribution is 2.33. The minimum atomic E-state index is -0.829. The Hall–Kier alpha value is -0.460. The van der Waals surface area contributed by atoms with E-state index in [0.717, 1.165) is 25.1 Å². The van der Waals surface area contributed by atoms with Crippen LogP contribution in [-0.2, 0) is 12.6 Å². The SMILES string of the molecule is CN1CCCC(O)(c2c(Br)nnn2C)C1. The fourth-order valence-corrected chi connectivity index (χ4v) is 2.96. The zero-order chi connectivity index (χ0) is 11.1. The van der Waals surface area contributed by atoms with Crippen LogP contribution in [0, 0.1) is 0 Å². The van der Waals surface area contributed by atoms with Gasteiger partial charge < -0.3 is 10.0 Å². The van der Waals surface area contributed by atoms with Crippen molar-refractivity contribution in [3.8, 4) is 0 Å². The molecule has 84 valence electrons. The molecule has 1 atom stereocenters. The average Bonchev–Trinajstić information content (AvgIpc) is 2.46. The van der Waals surface area contributed by atoms with Gasteiger partial charge in [-0.15, -0.1) is 5.10 Å². The number of aliphatic hydroxyl groups is 1. The van der Waals surface area contributed by atoms with Gasteiger partial charge in [0.25, 0.3) is 0 Å². The second kappa shape index (κ2) is 3.84. The lowest BCUT2D eigenvalue weighted by Crippen LogP contribution is -2.45. The first kappa shape index (κ1) is 11.0. The van der Waals surface area contributed by atoms with Gasteiger partial charge in [-0.2, -0.15) is 0 Å². The highest BCUT2D eigenvalue weighted by atomic mass is 79.9. The van der Waals surface area contributed by atoms with E-state index in [1.807, 2.05) is 7.05 Å². The number of hydrogen-bond acceptors (Lipinski definition) is 4. The number of halogens is 1. The summed E-state index contributed by atoms with van der Waals surface area (Å²) in [4.78, 5) is 2.13. The second-order valence-electron chi connectivity index (χ2n) is 4.23. The molecule has 1 aromatic rings. The number of hydrogen-bond donors (Lipinski definition) is 1. The molecule has 1 fully saturated rings. The molecular weight excluding hydrogens is 260 g/mol. The topological polar surface area (TPSA) is 54.2 Å². The van der Waals surface area contributed by atoms with Crippen molar-refractivity contribution in [1.29, 1.82) is 0 Å². The Labute approximate surface area is 97.2 Å². The van der Waals surface area contributed by atoms with Gasteiger partial charge in [-0.25, -0.2) is 4.68 Å². The predicted octanol–water partition coefficient (Wildman–Crippen LogP) is 0.491. The number of β-amino-alcohol motifs (C(OH)–C–C–N with tert-alkyl or cyclic N) is 1. The van der Waals surface area contributed by atoms with E-state index in [0.29, 0.717) is 11.1 Å². The number of nitrogens with zero attached hydrogens (tertiary/aromatic N) is 4. The standard InChI is InChI=1S/C9H15BrN4O/c1-13-5-3-4-9(15,6-13)7-8(10)11-12-14(7)2/h15H,3-6H2,1-2H3. The summed E-state index contributed by atoms with van der Waals surface area (Å²) in [7, 11) is 3.82. The van der Waals surface area contributed by atoms with Gasteiger partial charge in [0.2, 0.25) is 0 Å². The molecule has 1 N–H and O–H groups in total. The molecule has 0 radical (unpaired) electrons. The Kier molecular flexibility index (Phi) is 2.83. The summed E-state index contributed by atoms with van der Waals surface area (Å²) >= 11 is 3.33. The van der Waals surface area contributed by atoms with Gasteiger partial charge in [0, 0.05) is 13.6 Å². The normalized spacial score (nSPS) is 28.3. The van der Waals surface area contributed by atoms with Crippen LogP contribution in [-0.4, -0.2) is 45.1 Å². The minimum Gasteiger partial charge on any atom is -0.382 e. The molecule has 1 aliphatic heterocycles. The monoisotopic (exact) mass is 274 g/mol. The molecule has 2 rings (SSSR count). The van der Waals surface area contributed by atoms with Crippen LogP contribution in [0.3, 0.4) is 0 Å². The van der Waals surface area contributed by atoms with Crippen molar-refractivity contribution in [3.63, 3.8) is 0 Å². The molecule has 1 unspecified atom stereocenters. The van der Waals surface area contributed by atoms with Crippen molar-refractivity contribution in [2.24, 2.45) is 7.05 Å². The summed E-state index contributed by atoms with van der Waals surface area (Å²) < 4.78 is 2.28. The maximum Gasteiger partial charge on any atom is 0.154 e. The number of aromatic nitrogens is 3. The van der Waals surface area contributed by atoms with Gasteiger partial charge in [0.1, 0.15) is 11.3 Å². The Morgan fingerprint density at radius 2 is 2.20 bits per heavy atom. The molecule has 5 nitrogen and oxygen atoms in total. The van der Waals surface area contributed by atoms with Crippen LogP contribution in [0.4, 0.5) is 0 Å². The Balaban J connectivity index is 2.36. The summed E-state index contributed by atoms with van der Waals surface area (Å²) in [6.45, 7) is 1.66. The lowest BCUT2D eigenvalue weighted by atomic mass is 9.90. The third-order valence-electron chi connectivity index (χ3n) is 2.89. The van der Waals surface area contributed by atoms with Crippen LogP contribution in [0.5, 0.6) is 0 Å². The summed E-state index contributed by atoms with van der Waals surface area (Å²) in [6, 6.07) is 0. The molecule has 0 amide bonds. The smallest absolute Gasteiger partial charge is 0.154 e. The van der Waals surface area contributed by atoms with Crippen molar-refractivity contribution in [2.75, 3.05) is 20.1 Å². The second-order valence-corrected chi connectivity index (χ2v) is 4.98. The third-order valence-corrected chi connectivity index (χ3v) is 3.42. The number of aryl methyl sites for hydroxylation is 1. The van der Waals surface area contributed by atoms with Gasteiger partial charge in [0.05, 0.1) is 0 Å². The lowest BCUT2D eigenvalue weighted by molar-refractivity contribution is -0.0345. The molecule has 0 saturated carbocycles. The molecule has 0 aliphatic carbocycles. The first-order valence-electron chi connectivity index (χ1n) is 4.99. The molecular formula is C9H15BrN4O. The summed E-state index contributed by atoms with van der Waals surface area (Å²) in [5, 5.41) is 18.4. The molecule has 0 aromatic carbocycles. The average molecular weight is 275 g/mol. The zero-order valence-electron chi connectivity index (χ0n) is 8.94. The van der Waals surface area contributed by atoms with Crippen molar-refractivity contribution in [2.45, 2.75) is 18.4 Å². The predicted molar refractivity (Wildman–Crippen MR) is 59.3 cm³/mol. The van der Waals surface area contributed by atoms with E-state index in [1.165, 1.54) is 0 Å². The first-order valence-corrected chi connectivity index (χ1v) is 5.79. The molecule has 1 saturated heterocycles. The summed E-state index contributed by atoms with van der Waals surface area (Å²) in [6.07, 6.45) is 1.75. The Morgan fingerprint density at radius 1 is 1.47 bits per heavy atom. The van der Waals surface area contributed by atoms with Gasteiger partial charge in [-0.05, 0) is 42.4 Å². The van der Waals surface area contributed by atoms with Crippen molar-refractivity contribution in [1.82, 2.24) is 19.9 Å². The highest BCUT2D eigenvalue weighted by Gasteiger charge is 2.38. The first-order chi connectivity index (χ1) is 7.03. The maximum atomic E-state index is 10.6. The van der Waals surface area contributed by atoms with Crippen LogP contribution in [0.2, 0.25) is 0 Å². The van der Waals surface area contributed by atoms with Crippen LogP contribution < -0.4 is 0 Å². The van der Waals surface area contributed by atoms with Crippen LogP contribution in [0.1, 0.15) is 18.5 Å². The molecule has 0 spiro atoms. The van der Waals surface area contributed by atoms with E-state index in [1.54, 1.807) is 11.7 Å².